The van der Waals surface area contributed by atoms with Crippen molar-refractivity contribution in [1.82, 2.24) is 15.5 Å². The molecule has 0 spiro atoms. The van der Waals surface area contributed by atoms with Gasteiger partial charge in [-0.2, -0.15) is 0 Å². The van der Waals surface area contributed by atoms with E-state index in [2.05, 4.69) is 22.5 Å². The Balaban J connectivity index is 2.42. The minimum Gasteiger partial charge on any atom is -0.354 e. The fourth-order valence-electron chi connectivity index (χ4n) is 2.20. The van der Waals surface area contributed by atoms with E-state index in [1.54, 1.807) is 0 Å². The minimum atomic E-state index is -0.162. The number of hydrogen-bond donors (Lipinski definition) is 2. The molecule has 1 fully saturated rings. The van der Waals surface area contributed by atoms with Crippen molar-refractivity contribution in [1.29, 1.82) is 0 Å². The summed E-state index contributed by atoms with van der Waals surface area (Å²) in [7, 11) is 4.04. The van der Waals surface area contributed by atoms with Crippen molar-refractivity contribution in [2.24, 2.45) is 5.41 Å². The van der Waals surface area contributed by atoms with Crippen LogP contribution in [-0.4, -0.2) is 51.1 Å². The lowest BCUT2D eigenvalue weighted by Crippen LogP contribution is -2.51. The van der Waals surface area contributed by atoms with E-state index in [1.807, 2.05) is 14.1 Å². The second-order valence-corrected chi connectivity index (χ2v) is 4.97. The van der Waals surface area contributed by atoms with Crippen molar-refractivity contribution in [3.8, 4) is 0 Å². The molecule has 1 atom stereocenters. The van der Waals surface area contributed by atoms with E-state index in [0.29, 0.717) is 0 Å². The zero-order valence-corrected chi connectivity index (χ0v) is 10.8. The molecule has 1 rings (SSSR count). The molecule has 1 heterocycles. The van der Waals surface area contributed by atoms with Gasteiger partial charge in [-0.1, -0.05) is 6.92 Å². The molecule has 94 valence electrons. The monoisotopic (exact) mass is 227 g/mol. The number of piperidine rings is 1. The van der Waals surface area contributed by atoms with Crippen LogP contribution in [0.1, 0.15) is 26.2 Å². The molecule has 0 radical (unpaired) electrons. The fraction of sp³-hybridized carbons (Fsp3) is 0.917. The Morgan fingerprint density at radius 3 is 2.75 bits per heavy atom. The summed E-state index contributed by atoms with van der Waals surface area (Å²) < 4.78 is 0. The van der Waals surface area contributed by atoms with Crippen molar-refractivity contribution in [2.75, 3.05) is 40.3 Å². The summed E-state index contributed by atoms with van der Waals surface area (Å²) in [6.07, 6.45) is 3.05. The average Bonchev–Trinajstić information content (AvgIpc) is 2.29. The van der Waals surface area contributed by atoms with Crippen LogP contribution in [0.3, 0.4) is 0 Å². The van der Waals surface area contributed by atoms with Gasteiger partial charge in [0.25, 0.3) is 0 Å². The van der Waals surface area contributed by atoms with Gasteiger partial charge < -0.3 is 15.5 Å². The summed E-state index contributed by atoms with van der Waals surface area (Å²) in [6.45, 7) is 5.63. The van der Waals surface area contributed by atoms with E-state index in [9.17, 15) is 4.79 Å². The van der Waals surface area contributed by atoms with Crippen LogP contribution in [0, 0.1) is 5.41 Å². The average molecular weight is 227 g/mol. The standard InChI is InChI=1S/C12H25N3O/c1-4-12(6-5-7-13-10-12)11(16)14-8-9-15(2)3/h13H,4-10H2,1-3H3,(H,14,16). The van der Waals surface area contributed by atoms with Crippen molar-refractivity contribution in [3.05, 3.63) is 0 Å². The van der Waals surface area contributed by atoms with Crippen molar-refractivity contribution in [2.45, 2.75) is 26.2 Å². The van der Waals surface area contributed by atoms with Gasteiger partial charge in [0, 0.05) is 19.6 Å². The Morgan fingerprint density at radius 1 is 1.50 bits per heavy atom. The maximum atomic E-state index is 12.2. The molecule has 2 N–H and O–H groups in total. The molecule has 0 aromatic rings. The molecule has 1 amide bonds. The van der Waals surface area contributed by atoms with Crippen LogP contribution in [0.25, 0.3) is 0 Å². The lowest BCUT2D eigenvalue weighted by molar-refractivity contribution is -0.132. The number of carbonyl (C=O) groups excluding carboxylic acids is 1. The molecule has 4 nitrogen and oxygen atoms in total. The molecular formula is C12H25N3O. The Kier molecular flexibility index (Phi) is 5.22. The highest BCUT2D eigenvalue weighted by atomic mass is 16.2. The smallest absolute Gasteiger partial charge is 0.227 e. The molecule has 1 aliphatic heterocycles. The Bertz CT molecular complexity index is 222. The molecule has 16 heavy (non-hydrogen) atoms. The molecule has 1 unspecified atom stereocenters. The first-order chi connectivity index (χ1) is 7.60. The number of nitrogens with one attached hydrogen (secondary N) is 2. The normalized spacial score (nSPS) is 25.8. The third-order valence-corrected chi connectivity index (χ3v) is 3.48. The summed E-state index contributed by atoms with van der Waals surface area (Å²) >= 11 is 0. The highest BCUT2D eigenvalue weighted by Crippen LogP contribution is 2.29. The van der Waals surface area contributed by atoms with Gasteiger partial charge in [-0.3, -0.25) is 4.79 Å². The van der Waals surface area contributed by atoms with E-state index in [-0.39, 0.29) is 11.3 Å². The molecule has 1 aliphatic rings. The maximum absolute atomic E-state index is 12.2. The first-order valence-electron chi connectivity index (χ1n) is 6.24. The first-order valence-corrected chi connectivity index (χ1v) is 6.24. The number of hydrogen-bond acceptors (Lipinski definition) is 3. The van der Waals surface area contributed by atoms with Gasteiger partial charge in [0.05, 0.1) is 5.41 Å². The number of amides is 1. The van der Waals surface area contributed by atoms with Gasteiger partial charge in [-0.25, -0.2) is 0 Å². The third kappa shape index (κ3) is 3.46. The fourth-order valence-corrected chi connectivity index (χ4v) is 2.20. The van der Waals surface area contributed by atoms with E-state index < -0.39 is 0 Å². The Morgan fingerprint density at radius 2 is 2.25 bits per heavy atom. The number of likely N-dealkylation sites (N-methyl/N-ethyl adjacent to an activating group) is 1. The largest absolute Gasteiger partial charge is 0.354 e. The van der Waals surface area contributed by atoms with Gasteiger partial charge in [-0.15, -0.1) is 0 Å². The third-order valence-electron chi connectivity index (χ3n) is 3.48. The molecule has 0 aliphatic carbocycles. The van der Waals surface area contributed by atoms with Crippen LogP contribution >= 0.6 is 0 Å². The molecular weight excluding hydrogens is 202 g/mol. The Labute approximate surface area is 98.8 Å². The molecule has 0 aromatic carbocycles. The van der Waals surface area contributed by atoms with Crippen LogP contribution in [0.2, 0.25) is 0 Å². The molecule has 4 heteroatoms. The number of rotatable bonds is 5. The van der Waals surface area contributed by atoms with Gasteiger partial charge >= 0.3 is 0 Å². The van der Waals surface area contributed by atoms with Gasteiger partial charge in [0.2, 0.25) is 5.91 Å². The quantitative estimate of drug-likeness (QED) is 0.716. The zero-order chi connectivity index (χ0) is 12.0. The summed E-state index contributed by atoms with van der Waals surface area (Å²) in [6, 6.07) is 0. The highest BCUT2D eigenvalue weighted by Gasteiger charge is 2.37. The molecule has 0 bridgehead atoms. The number of nitrogens with zero attached hydrogens (tertiary/aromatic N) is 1. The van der Waals surface area contributed by atoms with E-state index >= 15 is 0 Å². The highest BCUT2D eigenvalue weighted by molar-refractivity contribution is 5.83. The predicted octanol–water partition coefficient (Wildman–Crippen LogP) is 0.444. The number of carbonyl (C=O) groups is 1. The van der Waals surface area contributed by atoms with Crippen molar-refractivity contribution >= 4 is 5.91 Å². The SMILES string of the molecule is CCC1(C(=O)NCCN(C)C)CCCNC1. The molecule has 0 saturated carbocycles. The minimum absolute atomic E-state index is 0.162. The van der Waals surface area contributed by atoms with Crippen LogP contribution < -0.4 is 10.6 Å². The lowest BCUT2D eigenvalue weighted by Gasteiger charge is -2.35. The lowest BCUT2D eigenvalue weighted by atomic mass is 9.77. The van der Waals surface area contributed by atoms with Gasteiger partial charge in [0.15, 0.2) is 0 Å². The van der Waals surface area contributed by atoms with Crippen molar-refractivity contribution in [3.63, 3.8) is 0 Å². The summed E-state index contributed by atoms with van der Waals surface area (Å²) in [5, 5.41) is 6.39. The first kappa shape index (κ1) is 13.5. The topological polar surface area (TPSA) is 44.4 Å². The van der Waals surface area contributed by atoms with E-state index in [0.717, 1.165) is 45.4 Å². The van der Waals surface area contributed by atoms with Crippen LogP contribution in [-0.2, 0) is 4.79 Å². The van der Waals surface area contributed by atoms with Gasteiger partial charge in [-0.05, 0) is 39.9 Å². The van der Waals surface area contributed by atoms with Gasteiger partial charge in [0.1, 0.15) is 0 Å². The van der Waals surface area contributed by atoms with E-state index in [4.69, 9.17) is 0 Å². The molecule has 0 aromatic heterocycles. The van der Waals surface area contributed by atoms with Crippen LogP contribution in [0.15, 0.2) is 0 Å². The second-order valence-electron chi connectivity index (χ2n) is 4.97. The van der Waals surface area contributed by atoms with Crippen LogP contribution in [0.5, 0.6) is 0 Å². The van der Waals surface area contributed by atoms with Crippen molar-refractivity contribution < 1.29 is 4.79 Å². The zero-order valence-electron chi connectivity index (χ0n) is 10.8. The van der Waals surface area contributed by atoms with Crippen LogP contribution in [0.4, 0.5) is 0 Å². The summed E-state index contributed by atoms with van der Waals surface area (Å²) in [5.74, 6) is 0.226. The molecule has 1 saturated heterocycles. The second kappa shape index (κ2) is 6.21. The van der Waals surface area contributed by atoms with E-state index in [1.165, 1.54) is 0 Å². The maximum Gasteiger partial charge on any atom is 0.227 e. The Hall–Kier alpha value is -0.610. The predicted molar refractivity (Wildman–Crippen MR) is 66.4 cm³/mol. The summed E-state index contributed by atoms with van der Waals surface area (Å²) in [5.41, 5.74) is -0.162. The summed E-state index contributed by atoms with van der Waals surface area (Å²) in [4.78, 5) is 14.2.